The molecule has 0 atom stereocenters. The lowest BCUT2D eigenvalue weighted by Crippen LogP contribution is -2.63. The minimum atomic E-state index is -1.17. The summed E-state index contributed by atoms with van der Waals surface area (Å²) in [5, 5.41) is 13.9. The quantitative estimate of drug-likeness (QED) is 0.567. The number of hydrogen-bond donors (Lipinski definition) is 4. The van der Waals surface area contributed by atoms with Crippen LogP contribution in [0.2, 0.25) is 0 Å². The summed E-state index contributed by atoms with van der Waals surface area (Å²) in [5.41, 5.74) is 4.19. The Labute approximate surface area is 112 Å². The van der Waals surface area contributed by atoms with Crippen LogP contribution in [0.5, 0.6) is 0 Å². The highest BCUT2D eigenvalue weighted by molar-refractivity contribution is 5.71. The maximum atomic E-state index is 11.8. The summed E-state index contributed by atoms with van der Waals surface area (Å²) < 4.78 is 5.16. The van der Waals surface area contributed by atoms with Gasteiger partial charge in [-0.15, -0.1) is 0 Å². The van der Waals surface area contributed by atoms with Gasteiger partial charge in [-0.05, 0) is 46.5 Å². The molecule has 0 bridgehead atoms. The van der Waals surface area contributed by atoms with Gasteiger partial charge in [0.2, 0.25) is 0 Å². The SMILES string of the molecule is CC(C)(C)OC(=O)NC1(NC(=O)O)CCC(N)CC1. The van der Waals surface area contributed by atoms with E-state index in [9.17, 15) is 9.59 Å². The van der Waals surface area contributed by atoms with Crippen LogP contribution in [-0.2, 0) is 4.74 Å². The number of nitrogens with one attached hydrogen (secondary N) is 2. The Balaban J connectivity index is 2.70. The van der Waals surface area contributed by atoms with Gasteiger partial charge in [0.25, 0.3) is 0 Å². The molecule has 0 aromatic rings. The van der Waals surface area contributed by atoms with Gasteiger partial charge in [-0.1, -0.05) is 0 Å². The van der Waals surface area contributed by atoms with Gasteiger partial charge in [-0.3, -0.25) is 10.6 Å². The topological polar surface area (TPSA) is 114 Å². The lowest BCUT2D eigenvalue weighted by molar-refractivity contribution is 0.0385. The Morgan fingerprint density at radius 2 is 1.79 bits per heavy atom. The molecule has 0 spiro atoms. The maximum absolute atomic E-state index is 11.8. The van der Waals surface area contributed by atoms with Crippen molar-refractivity contribution in [3.05, 3.63) is 0 Å². The number of ether oxygens (including phenoxy) is 1. The molecule has 1 aliphatic carbocycles. The van der Waals surface area contributed by atoms with Crippen molar-refractivity contribution < 1.29 is 19.4 Å². The predicted molar refractivity (Wildman–Crippen MR) is 69.7 cm³/mol. The fourth-order valence-electron chi connectivity index (χ4n) is 2.12. The fraction of sp³-hybridized carbons (Fsp3) is 0.833. The molecule has 2 amide bonds. The summed E-state index contributed by atoms with van der Waals surface area (Å²) in [6.45, 7) is 5.25. The van der Waals surface area contributed by atoms with Crippen molar-refractivity contribution in [1.82, 2.24) is 10.6 Å². The molecule has 1 fully saturated rings. The zero-order valence-electron chi connectivity index (χ0n) is 11.7. The van der Waals surface area contributed by atoms with E-state index in [4.69, 9.17) is 15.6 Å². The highest BCUT2D eigenvalue weighted by Gasteiger charge is 2.38. The smallest absolute Gasteiger partial charge is 0.409 e. The van der Waals surface area contributed by atoms with Gasteiger partial charge in [0.1, 0.15) is 11.3 Å². The van der Waals surface area contributed by atoms with Gasteiger partial charge in [0.15, 0.2) is 0 Å². The van der Waals surface area contributed by atoms with Crippen LogP contribution in [0.1, 0.15) is 46.5 Å². The predicted octanol–water partition coefficient (Wildman–Crippen LogP) is 1.38. The first kappa shape index (κ1) is 15.6. The zero-order valence-corrected chi connectivity index (χ0v) is 11.7. The molecule has 0 saturated heterocycles. The van der Waals surface area contributed by atoms with E-state index in [1.165, 1.54) is 0 Å². The Morgan fingerprint density at radius 1 is 1.26 bits per heavy atom. The molecule has 0 unspecified atom stereocenters. The standard InChI is InChI=1S/C12H23N3O4/c1-11(2,3)19-10(18)15-12(14-9(16)17)6-4-8(13)5-7-12/h8,14H,4-7,13H2,1-3H3,(H,15,18)(H,16,17). The Bertz CT molecular complexity index is 343. The largest absolute Gasteiger partial charge is 0.465 e. The molecular weight excluding hydrogens is 250 g/mol. The molecule has 1 saturated carbocycles. The Morgan fingerprint density at radius 3 is 2.21 bits per heavy atom. The molecule has 7 heteroatoms. The minimum absolute atomic E-state index is 0.0455. The first-order valence-corrected chi connectivity index (χ1v) is 6.40. The summed E-state index contributed by atoms with van der Waals surface area (Å²) in [6, 6.07) is 0.0455. The lowest BCUT2D eigenvalue weighted by Gasteiger charge is -2.39. The second kappa shape index (κ2) is 5.64. The Kier molecular flexibility index (Phi) is 4.62. The third-order valence-corrected chi connectivity index (χ3v) is 2.97. The van der Waals surface area contributed by atoms with Gasteiger partial charge < -0.3 is 15.6 Å². The van der Waals surface area contributed by atoms with E-state index < -0.39 is 23.5 Å². The van der Waals surface area contributed by atoms with Gasteiger partial charge in [0, 0.05) is 6.04 Å². The molecule has 5 N–H and O–H groups in total. The highest BCUT2D eigenvalue weighted by atomic mass is 16.6. The highest BCUT2D eigenvalue weighted by Crippen LogP contribution is 2.26. The molecule has 0 radical (unpaired) electrons. The molecule has 1 rings (SSSR count). The Hall–Kier alpha value is -1.50. The van der Waals surface area contributed by atoms with E-state index in [0.717, 1.165) is 0 Å². The number of rotatable bonds is 2. The van der Waals surface area contributed by atoms with Crippen LogP contribution in [0.25, 0.3) is 0 Å². The number of alkyl carbamates (subject to hydrolysis) is 1. The van der Waals surface area contributed by atoms with Crippen LogP contribution in [0, 0.1) is 0 Å². The molecule has 0 heterocycles. The molecule has 110 valence electrons. The number of carbonyl (C=O) groups is 2. The van der Waals surface area contributed by atoms with E-state index in [1.807, 2.05) is 0 Å². The van der Waals surface area contributed by atoms with Crippen molar-refractivity contribution in [2.45, 2.75) is 63.8 Å². The number of carbonyl (C=O) groups excluding carboxylic acids is 1. The first-order valence-electron chi connectivity index (χ1n) is 6.40. The third-order valence-electron chi connectivity index (χ3n) is 2.97. The number of hydrogen-bond acceptors (Lipinski definition) is 4. The van der Waals surface area contributed by atoms with Crippen LogP contribution in [-0.4, -0.2) is 34.6 Å². The van der Waals surface area contributed by atoms with Gasteiger partial charge in [-0.25, -0.2) is 9.59 Å². The van der Waals surface area contributed by atoms with Crippen molar-refractivity contribution in [1.29, 1.82) is 0 Å². The van der Waals surface area contributed by atoms with Gasteiger partial charge in [0.05, 0.1) is 0 Å². The van der Waals surface area contributed by atoms with Crippen molar-refractivity contribution >= 4 is 12.2 Å². The normalized spacial score (nSPS) is 27.5. The maximum Gasteiger partial charge on any atom is 0.409 e. The molecule has 1 aliphatic rings. The van der Waals surface area contributed by atoms with Crippen LogP contribution < -0.4 is 16.4 Å². The average Bonchev–Trinajstić information content (AvgIpc) is 2.18. The third kappa shape index (κ3) is 5.34. The summed E-state index contributed by atoms with van der Waals surface area (Å²) in [5.74, 6) is 0. The van der Waals surface area contributed by atoms with E-state index in [1.54, 1.807) is 20.8 Å². The van der Waals surface area contributed by atoms with Crippen LogP contribution in [0.3, 0.4) is 0 Å². The first-order chi connectivity index (χ1) is 8.62. The molecule has 7 nitrogen and oxygen atoms in total. The number of amides is 2. The van der Waals surface area contributed by atoms with Crippen molar-refractivity contribution in [3.8, 4) is 0 Å². The fourth-order valence-corrected chi connectivity index (χ4v) is 2.12. The van der Waals surface area contributed by atoms with Crippen molar-refractivity contribution in [3.63, 3.8) is 0 Å². The summed E-state index contributed by atoms with van der Waals surface area (Å²) in [7, 11) is 0. The molecular formula is C12H23N3O4. The van der Waals surface area contributed by atoms with E-state index in [0.29, 0.717) is 25.7 Å². The second-order valence-corrected chi connectivity index (χ2v) is 5.98. The van der Waals surface area contributed by atoms with E-state index >= 15 is 0 Å². The molecule has 0 aromatic heterocycles. The monoisotopic (exact) mass is 273 g/mol. The van der Waals surface area contributed by atoms with Gasteiger partial charge in [-0.2, -0.15) is 0 Å². The summed E-state index contributed by atoms with van der Waals surface area (Å²) in [4.78, 5) is 22.7. The van der Waals surface area contributed by atoms with Crippen LogP contribution in [0.15, 0.2) is 0 Å². The minimum Gasteiger partial charge on any atom is -0.465 e. The summed E-state index contributed by atoms with van der Waals surface area (Å²) >= 11 is 0. The number of nitrogens with two attached hydrogens (primary N) is 1. The van der Waals surface area contributed by atoms with E-state index in [2.05, 4.69) is 10.6 Å². The second-order valence-electron chi connectivity index (χ2n) is 5.98. The van der Waals surface area contributed by atoms with Crippen molar-refractivity contribution in [2.75, 3.05) is 0 Å². The van der Waals surface area contributed by atoms with Crippen LogP contribution >= 0.6 is 0 Å². The lowest BCUT2D eigenvalue weighted by atomic mass is 9.86. The zero-order chi connectivity index (χ0) is 14.7. The van der Waals surface area contributed by atoms with Crippen LogP contribution in [0.4, 0.5) is 9.59 Å². The molecule has 0 aromatic carbocycles. The van der Waals surface area contributed by atoms with Gasteiger partial charge >= 0.3 is 12.2 Å². The number of carboxylic acid groups (broad SMARTS) is 1. The molecule has 0 aliphatic heterocycles. The van der Waals surface area contributed by atoms with Crippen molar-refractivity contribution in [2.24, 2.45) is 5.73 Å². The molecule has 19 heavy (non-hydrogen) atoms. The average molecular weight is 273 g/mol. The van der Waals surface area contributed by atoms with E-state index in [-0.39, 0.29) is 6.04 Å². The summed E-state index contributed by atoms with van der Waals surface area (Å²) in [6.07, 6.45) is 0.411.